The van der Waals surface area contributed by atoms with Gasteiger partial charge in [-0.25, -0.2) is 9.59 Å². The molecule has 0 heterocycles. The summed E-state index contributed by atoms with van der Waals surface area (Å²) in [5.74, 6) is 0.594. The van der Waals surface area contributed by atoms with Crippen molar-refractivity contribution in [3.63, 3.8) is 0 Å². The third-order valence-corrected chi connectivity index (χ3v) is 3.05. The maximum Gasteiger partial charge on any atom is 0.412 e. The fraction of sp³-hybridized carbons (Fsp3) is 0.429. The van der Waals surface area contributed by atoms with Crippen LogP contribution in [0.3, 0.4) is 0 Å². The topological polar surface area (TPSA) is 78.9 Å². The van der Waals surface area contributed by atoms with E-state index in [4.69, 9.17) is 9.84 Å². The van der Waals surface area contributed by atoms with E-state index in [0.717, 1.165) is 4.90 Å². The second-order valence-electron chi connectivity index (χ2n) is 4.91. The second-order valence-corrected chi connectivity index (χ2v) is 4.91. The van der Waals surface area contributed by atoms with E-state index in [1.54, 1.807) is 18.2 Å². The zero-order valence-corrected chi connectivity index (χ0v) is 12.1. The summed E-state index contributed by atoms with van der Waals surface area (Å²) >= 11 is 0. The lowest BCUT2D eigenvalue weighted by atomic mass is 10.1. The smallest absolute Gasteiger partial charge is 0.412 e. The number of anilines is 1. The lowest BCUT2D eigenvalue weighted by Crippen LogP contribution is -2.38. The largest absolute Gasteiger partial charge is 0.465 e. The summed E-state index contributed by atoms with van der Waals surface area (Å²) in [6.45, 7) is 5.88. The summed E-state index contributed by atoms with van der Waals surface area (Å²) in [5, 5.41) is 11.6. The van der Waals surface area contributed by atoms with E-state index in [-0.39, 0.29) is 6.04 Å². The Morgan fingerprint density at radius 3 is 2.50 bits per heavy atom. The maximum absolute atomic E-state index is 11.7. The molecule has 0 aromatic heterocycles. The SMILES string of the molecule is CC(C)C(C)NC(=O)Oc1cccc(N(C)C(=O)O)c1. The molecule has 2 N–H and O–H groups in total. The van der Waals surface area contributed by atoms with Gasteiger partial charge >= 0.3 is 12.2 Å². The lowest BCUT2D eigenvalue weighted by Gasteiger charge is -2.18. The number of rotatable bonds is 4. The third-order valence-electron chi connectivity index (χ3n) is 3.05. The summed E-state index contributed by atoms with van der Waals surface area (Å²) < 4.78 is 5.14. The summed E-state index contributed by atoms with van der Waals surface area (Å²) in [6.07, 6.45) is -1.64. The fourth-order valence-corrected chi connectivity index (χ4v) is 1.36. The molecule has 0 saturated heterocycles. The van der Waals surface area contributed by atoms with Gasteiger partial charge in [0.2, 0.25) is 0 Å². The summed E-state index contributed by atoms with van der Waals surface area (Å²) in [6, 6.07) is 6.33. The van der Waals surface area contributed by atoms with Crippen LogP contribution in [0.5, 0.6) is 5.75 Å². The summed E-state index contributed by atoms with van der Waals surface area (Å²) in [5.41, 5.74) is 0.430. The highest BCUT2D eigenvalue weighted by Gasteiger charge is 2.14. The summed E-state index contributed by atoms with van der Waals surface area (Å²) in [4.78, 5) is 23.6. The second kappa shape index (κ2) is 6.79. The Bertz CT molecular complexity index is 488. The maximum atomic E-state index is 11.7. The molecule has 0 spiro atoms. The summed E-state index contributed by atoms with van der Waals surface area (Å²) in [7, 11) is 1.42. The van der Waals surface area contributed by atoms with Crippen LogP contribution in [0.2, 0.25) is 0 Å². The van der Waals surface area contributed by atoms with Crippen LogP contribution in [0.4, 0.5) is 15.3 Å². The zero-order valence-electron chi connectivity index (χ0n) is 12.1. The quantitative estimate of drug-likeness (QED) is 0.888. The molecule has 0 fully saturated rings. The first kappa shape index (κ1) is 15.8. The number of nitrogens with zero attached hydrogens (tertiary/aromatic N) is 1. The van der Waals surface area contributed by atoms with E-state index >= 15 is 0 Å². The van der Waals surface area contributed by atoms with E-state index in [1.807, 2.05) is 20.8 Å². The van der Waals surface area contributed by atoms with Crippen molar-refractivity contribution in [2.75, 3.05) is 11.9 Å². The van der Waals surface area contributed by atoms with Crippen molar-refractivity contribution >= 4 is 17.9 Å². The molecule has 6 heteroatoms. The van der Waals surface area contributed by atoms with Crippen LogP contribution in [0.1, 0.15) is 20.8 Å². The number of hydrogen-bond donors (Lipinski definition) is 2. The van der Waals surface area contributed by atoms with Gasteiger partial charge in [-0.1, -0.05) is 19.9 Å². The fourth-order valence-electron chi connectivity index (χ4n) is 1.36. The van der Waals surface area contributed by atoms with Crippen LogP contribution in [0.25, 0.3) is 0 Å². The van der Waals surface area contributed by atoms with E-state index in [1.165, 1.54) is 13.1 Å². The molecular weight excluding hydrogens is 260 g/mol. The van der Waals surface area contributed by atoms with Crippen LogP contribution in [-0.4, -0.2) is 30.4 Å². The Balaban J connectivity index is 2.71. The lowest BCUT2D eigenvalue weighted by molar-refractivity contribution is 0.193. The number of nitrogens with one attached hydrogen (secondary N) is 1. The van der Waals surface area contributed by atoms with Crippen LogP contribution >= 0.6 is 0 Å². The molecule has 0 aliphatic carbocycles. The Morgan fingerprint density at radius 2 is 1.95 bits per heavy atom. The first-order chi connectivity index (χ1) is 9.31. The molecule has 6 nitrogen and oxygen atoms in total. The highest BCUT2D eigenvalue weighted by molar-refractivity contribution is 5.85. The Morgan fingerprint density at radius 1 is 1.30 bits per heavy atom. The Hall–Kier alpha value is -2.24. The number of carboxylic acid groups (broad SMARTS) is 1. The molecule has 110 valence electrons. The van der Waals surface area contributed by atoms with Gasteiger partial charge in [-0.05, 0) is 25.0 Å². The molecule has 2 amide bonds. The number of benzene rings is 1. The highest BCUT2D eigenvalue weighted by Crippen LogP contribution is 2.20. The van der Waals surface area contributed by atoms with Crippen LogP contribution in [0, 0.1) is 5.92 Å². The standard InChI is InChI=1S/C14H20N2O4/c1-9(2)10(3)15-13(17)20-12-7-5-6-11(8-12)16(4)14(18)19/h5-10H,1-4H3,(H,15,17)(H,18,19). The van der Waals surface area contributed by atoms with Gasteiger partial charge in [0.05, 0.1) is 5.69 Å². The van der Waals surface area contributed by atoms with Gasteiger partial charge < -0.3 is 15.2 Å². The van der Waals surface area contributed by atoms with Gasteiger partial charge in [0.15, 0.2) is 0 Å². The highest BCUT2D eigenvalue weighted by atomic mass is 16.6. The molecule has 1 aromatic carbocycles. The first-order valence-corrected chi connectivity index (χ1v) is 6.36. The van der Waals surface area contributed by atoms with E-state index in [9.17, 15) is 9.59 Å². The van der Waals surface area contributed by atoms with Crippen molar-refractivity contribution in [1.82, 2.24) is 5.32 Å². The van der Waals surface area contributed by atoms with E-state index in [0.29, 0.717) is 17.4 Å². The Labute approximate surface area is 118 Å². The number of amides is 2. The minimum atomic E-state index is -1.08. The van der Waals surface area contributed by atoms with Crippen molar-refractivity contribution in [3.8, 4) is 5.75 Å². The molecule has 0 radical (unpaired) electrons. The van der Waals surface area contributed by atoms with Gasteiger partial charge in [0, 0.05) is 19.2 Å². The Kier molecular flexibility index (Phi) is 5.37. The van der Waals surface area contributed by atoms with Gasteiger partial charge in [0.25, 0.3) is 0 Å². The minimum Gasteiger partial charge on any atom is -0.465 e. The first-order valence-electron chi connectivity index (χ1n) is 6.36. The molecule has 1 aromatic rings. The molecule has 1 atom stereocenters. The molecule has 20 heavy (non-hydrogen) atoms. The van der Waals surface area contributed by atoms with Crippen LogP contribution in [-0.2, 0) is 0 Å². The predicted molar refractivity (Wildman–Crippen MR) is 76.3 cm³/mol. The molecule has 1 rings (SSSR count). The van der Waals surface area contributed by atoms with Crippen LogP contribution in [0.15, 0.2) is 24.3 Å². The number of hydrogen-bond acceptors (Lipinski definition) is 3. The van der Waals surface area contributed by atoms with Crippen molar-refractivity contribution < 1.29 is 19.4 Å². The normalized spacial score (nSPS) is 11.8. The number of carbonyl (C=O) groups excluding carboxylic acids is 1. The van der Waals surface area contributed by atoms with Crippen molar-refractivity contribution in [2.45, 2.75) is 26.8 Å². The minimum absolute atomic E-state index is 0.00706. The van der Waals surface area contributed by atoms with Crippen molar-refractivity contribution in [1.29, 1.82) is 0 Å². The molecule has 0 saturated carbocycles. The molecule has 0 aliphatic heterocycles. The number of carbonyl (C=O) groups is 2. The molecular formula is C14H20N2O4. The molecule has 0 bridgehead atoms. The zero-order chi connectivity index (χ0) is 15.3. The van der Waals surface area contributed by atoms with E-state index < -0.39 is 12.2 Å². The van der Waals surface area contributed by atoms with Gasteiger partial charge in [-0.3, -0.25) is 4.90 Å². The van der Waals surface area contributed by atoms with Crippen molar-refractivity contribution in [2.24, 2.45) is 5.92 Å². The average molecular weight is 280 g/mol. The van der Waals surface area contributed by atoms with Gasteiger partial charge in [-0.15, -0.1) is 0 Å². The van der Waals surface area contributed by atoms with Crippen molar-refractivity contribution in [3.05, 3.63) is 24.3 Å². The molecule has 1 unspecified atom stereocenters. The molecule has 0 aliphatic rings. The number of ether oxygens (including phenoxy) is 1. The third kappa shape index (κ3) is 4.46. The monoisotopic (exact) mass is 280 g/mol. The van der Waals surface area contributed by atoms with Gasteiger partial charge in [-0.2, -0.15) is 0 Å². The average Bonchev–Trinajstić information content (AvgIpc) is 2.37. The van der Waals surface area contributed by atoms with E-state index in [2.05, 4.69) is 5.32 Å². The predicted octanol–water partition coefficient (Wildman–Crippen LogP) is 2.93. The van der Waals surface area contributed by atoms with Crippen LogP contribution < -0.4 is 15.0 Å². The van der Waals surface area contributed by atoms with Gasteiger partial charge in [0.1, 0.15) is 5.75 Å².